The maximum absolute atomic E-state index is 12.0. The molecule has 1 amide bonds. The van der Waals surface area contributed by atoms with Gasteiger partial charge in [-0.15, -0.1) is 11.6 Å². The van der Waals surface area contributed by atoms with Crippen molar-refractivity contribution in [1.29, 1.82) is 5.26 Å². The second-order valence-electron chi connectivity index (χ2n) is 3.95. The van der Waals surface area contributed by atoms with Gasteiger partial charge in [-0.05, 0) is 11.6 Å². The molecule has 1 heterocycles. The van der Waals surface area contributed by atoms with Gasteiger partial charge in [-0.2, -0.15) is 5.26 Å². The molecule has 0 saturated heterocycles. The number of nitrogens with zero attached hydrogens (tertiary/aromatic N) is 2. The highest BCUT2D eigenvalue weighted by Gasteiger charge is 2.38. The predicted molar refractivity (Wildman–Crippen MR) is 69.1 cm³/mol. The van der Waals surface area contributed by atoms with E-state index in [-0.39, 0.29) is 5.91 Å². The maximum Gasteiger partial charge on any atom is 0.245 e. The van der Waals surface area contributed by atoms with Crippen molar-refractivity contribution < 1.29 is 9.53 Å². The quantitative estimate of drug-likeness (QED) is 0.745. The highest BCUT2D eigenvalue weighted by atomic mass is 35.5. The molecule has 18 heavy (non-hydrogen) atoms. The molecule has 2 rings (SSSR count). The maximum atomic E-state index is 12.0. The van der Waals surface area contributed by atoms with Gasteiger partial charge in [0.2, 0.25) is 5.91 Å². The summed E-state index contributed by atoms with van der Waals surface area (Å²) in [5.41, 5.74) is 1.28. The Morgan fingerprint density at radius 1 is 1.50 bits per heavy atom. The minimum Gasteiger partial charge on any atom is -0.495 e. The molecule has 0 radical (unpaired) electrons. The fourth-order valence-electron chi connectivity index (χ4n) is 1.98. The SMILES string of the molecule is COc1cc2c(cc1Cl)C(Cl)C(C#N)C(=O)N2C. The standard InChI is InChI=1S/C12H10Cl2N2O2/c1-16-9-4-10(18-2)8(13)3-6(9)11(14)7(5-15)12(16)17/h3-4,7,11H,1-2H3. The first kappa shape index (κ1) is 13.0. The largest absolute Gasteiger partial charge is 0.495 e. The number of amides is 1. The summed E-state index contributed by atoms with van der Waals surface area (Å²) in [5, 5.41) is 8.71. The van der Waals surface area contributed by atoms with Gasteiger partial charge in [0.25, 0.3) is 0 Å². The molecular weight excluding hydrogens is 275 g/mol. The van der Waals surface area contributed by atoms with Crippen molar-refractivity contribution in [2.24, 2.45) is 5.92 Å². The number of nitriles is 1. The van der Waals surface area contributed by atoms with E-state index in [4.69, 9.17) is 33.2 Å². The predicted octanol–water partition coefficient (Wildman–Crippen LogP) is 2.74. The highest BCUT2D eigenvalue weighted by Crippen LogP contribution is 2.44. The summed E-state index contributed by atoms with van der Waals surface area (Å²) in [6.45, 7) is 0. The molecule has 2 atom stereocenters. The number of ether oxygens (including phenoxy) is 1. The number of hydrogen-bond acceptors (Lipinski definition) is 3. The molecule has 1 aliphatic heterocycles. The molecule has 1 aliphatic rings. The Labute approximate surface area is 115 Å². The Balaban J connectivity index is 2.63. The fraction of sp³-hybridized carbons (Fsp3) is 0.333. The zero-order valence-electron chi connectivity index (χ0n) is 9.78. The van der Waals surface area contributed by atoms with Crippen LogP contribution in [0.15, 0.2) is 12.1 Å². The molecule has 0 N–H and O–H groups in total. The van der Waals surface area contributed by atoms with Gasteiger partial charge in [0, 0.05) is 13.1 Å². The second kappa shape index (κ2) is 4.68. The average molecular weight is 285 g/mol. The van der Waals surface area contributed by atoms with Crippen LogP contribution in [0.2, 0.25) is 5.02 Å². The lowest BCUT2D eigenvalue weighted by atomic mass is 9.92. The summed E-state index contributed by atoms with van der Waals surface area (Å²) in [5.74, 6) is -0.752. The van der Waals surface area contributed by atoms with Crippen LogP contribution in [0.3, 0.4) is 0 Å². The number of hydrogen-bond donors (Lipinski definition) is 0. The molecule has 0 aliphatic carbocycles. The number of rotatable bonds is 1. The van der Waals surface area contributed by atoms with E-state index in [1.807, 2.05) is 6.07 Å². The summed E-state index contributed by atoms with van der Waals surface area (Å²) < 4.78 is 5.11. The smallest absolute Gasteiger partial charge is 0.245 e. The minimum absolute atomic E-state index is 0.325. The van der Waals surface area contributed by atoms with Crippen molar-refractivity contribution in [3.8, 4) is 11.8 Å². The van der Waals surface area contributed by atoms with Crippen LogP contribution >= 0.6 is 23.2 Å². The molecule has 4 nitrogen and oxygen atoms in total. The first-order valence-corrected chi connectivity index (χ1v) is 6.01. The van der Waals surface area contributed by atoms with Crippen LogP contribution < -0.4 is 9.64 Å². The average Bonchev–Trinajstić information content (AvgIpc) is 2.36. The van der Waals surface area contributed by atoms with Gasteiger partial charge in [0.15, 0.2) is 0 Å². The molecule has 0 saturated carbocycles. The number of anilines is 1. The first-order chi connectivity index (χ1) is 8.51. The minimum atomic E-state index is -0.895. The summed E-state index contributed by atoms with van der Waals surface area (Å²) in [6.07, 6.45) is 0. The number of halogens is 2. The van der Waals surface area contributed by atoms with Gasteiger partial charge in [0.05, 0.1) is 29.3 Å². The van der Waals surface area contributed by atoms with E-state index < -0.39 is 11.3 Å². The molecule has 1 aromatic carbocycles. The third-order valence-corrected chi connectivity index (χ3v) is 3.77. The van der Waals surface area contributed by atoms with E-state index in [0.717, 1.165) is 0 Å². The van der Waals surface area contributed by atoms with E-state index in [1.165, 1.54) is 12.0 Å². The summed E-state index contributed by atoms with van der Waals surface area (Å²) in [7, 11) is 3.09. The fourth-order valence-corrected chi connectivity index (χ4v) is 2.57. The third kappa shape index (κ3) is 1.80. The molecule has 0 aromatic heterocycles. The van der Waals surface area contributed by atoms with E-state index >= 15 is 0 Å². The lowest BCUT2D eigenvalue weighted by Crippen LogP contribution is -2.39. The van der Waals surface area contributed by atoms with Crippen LogP contribution in [0, 0.1) is 17.2 Å². The lowest BCUT2D eigenvalue weighted by molar-refractivity contribution is -0.121. The van der Waals surface area contributed by atoms with Crippen LogP contribution in [0.4, 0.5) is 5.69 Å². The first-order valence-electron chi connectivity index (χ1n) is 5.20. The van der Waals surface area contributed by atoms with Crippen molar-refractivity contribution in [2.45, 2.75) is 5.38 Å². The van der Waals surface area contributed by atoms with Gasteiger partial charge in [-0.25, -0.2) is 0 Å². The van der Waals surface area contributed by atoms with Gasteiger partial charge in [-0.3, -0.25) is 4.79 Å². The normalized spacial score (nSPS) is 22.4. The molecule has 0 fully saturated rings. The van der Waals surface area contributed by atoms with Crippen molar-refractivity contribution in [3.63, 3.8) is 0 Å². The molecule has 6 heteroatoms. The summed E-state index contributed by atoms with van der Waals surface area (Å²) >= 11 is 12.2. The second-order valence-corrected chi connectivity index (χ2v) is 4.83. The topological polar surface area (TPSA) is 53.3 Å². The number of fused-ring (bicyclic) bond motifs is 1. The van der Waals surface area contributed by atoms with Gasteiger partial charge in [0.1, 0.15) is 11.7 Å². The third-order valence-electron chi connectivity index (χ3n) is 2.99. The van der Waals surface area contributed by atoms with E-state index in [0.29, 0.717) is 22.0 Å². The van der Waals surface area contributed by atoms with Gasteiger partial charge in [-0.1, -0.05) is 11.6 Å². The van der Waals surface area contributed by atoms with E-state index in [1.54, 1.807) is 19.2 Å². The van der Waals surface area contributed by atoms with Crippen molar-refractivity contribution >= 4 is 34.8 Å². The Hall–Kier alpha value is -1.44. The number of carbonyl (C=O) groups excluding carboxylic acids is 1. The zero-order chi connectivity index (χ0) is 13.4. The van der Waals surface area contributed by atoms with E-state index in [2.05, 4.69) is 0 Å². The number of benzene rings is 1. The lowest BCUT2D eigenvalue weighted by Gasteiger charge is -2.32. The highest BCUT2D eigenvalue weighted by molar-refractivity contribution is 6.33. The Morgan fingerprint density at radius 2 is 2.17 bits per heavy atom. The van der Waals surface area contributed by atoms with Crippen LogP contribution in [0.1, 0.15) is 10.9 Å². The molecule has 0 bridgehead atoms. The Kier molecular flexibility index (Phi) is 3.38. The Bertz CT molecular complexity index is 554. The van der Waals surface area contributed by atoms with Crippen LogP contribution in [-0.2, 0) is 4.79 Å². The number of alkyl halides is 1. The summed E-state index contributed by atoms with van der Waals surface area (Å²) in [6, 6.07) is 5.22. The van der Waals surface area contributed by atoms with Gasteiger partial charge < -0.3 is 9.64 Å². The van der Waals surface area contributed by atoms with E-state index in [9.17, 15) is 4.79 Å². The monoisotopic (exact) mass is 284 g/mol. The molecule has 1 aromatic rings. The Morgan fingerprint density at radius 3 is 2.72 bits per heavy atom. The van der Waals surface area contributed by atoms with Crippen LogP contribution in [0.5, 0.6) is 5.75 Å². The molecule has 94 valence electrons. The molecule has 2 unspecified atom stereocenters. The van der Waals surface area contributed by atoms with Crippen LogP contribution in [0.25, 0.3) is 0 Å². The number of methoxy groups -OCH3 is 1. The van der Waals surface area contributed by atoms with Crippen molar-refractivity contribution in [1.82, 2.24) is 0 Å². The number of carbonyl (C=O) groups is 1. The molecular formula is C12H10Cl2N2O2. The zero-order valence-corrected chi connectivity index (χ0v) is 11.3. The summed E-state index contributed by atoms with van der Waals surface area (Å²) in [4.78, 5) is 13.4. The van der Waals surface area contributed by atoms with Crippen molar-refractivity contribution in [2.75, 3.05) is 19.1 Å². The van der Waals surface area contributed by atoms with Crippen LogP contribution in [-0.4, -0.2) is 20.1 Å². The van der Waals surface area contributed by atoms with Gasteiger partial charge >= 0.3 is 0 Å². The van der Waals surface area contributed by atoms with Crippen molar-refractivity contribution in [3.05, 3.63) is 22.7 Å². The molecule has 0 spiro atoms.